The number of benzene rings is 1. The van der Waals surface area contributed by atoms with E-state index in [4.69, 9.17) is 5.11 Å². The van der Waals surface area contributed by atoms with Crippen molar-refractivity contribution in [1.29, 1.82) is 0 Å². The number of carbonyl (C=O) groups is 1. The molecule has 0 spiro atoms. The average molecular weight is 389 g/mol. The summed E-state index contributed by atoms with van der Waals surface area (Å²) in [5, 5.41) is 13.5. The van der Waals surface area contributed by atoms with E-state index in [0.29, 0.717) is 11.3 Å². The highest BCUT2D eigenvalue weighted by atomic mass is 16.4. The first-order valence-corrected chi connectivity index (χ1v) is 9.01. The highest BCUT2D eigenvalue weighted by molar-refractivity contribution is 5.87. The molecule has 1 aromatic carbocycles. The Morgan fingerprint density at radius 1 is 1.17 bits per heavy atom. The Bertz CT molecular complexity index is 1370. The summed E-state index contributed by atoms with van der Waals surface area (Å²) in [5.74, 6) is -0.533. The zero-order chi connectivity index (χ0) is 20.1. The Morgan fingerprint density at radius 3 is 2.69 bits per heavy atom. The van der Waals surface area contributed by atoms with Gasteiger partial charge in [-0.2, -0.15) is 5.10 Å². The predicted molar refractivity (Wildman–Crippen MR) is 103 cm³/mol. The van der Waals surface area contributed by atoms with E-state index in [-0.39, 0.29) is 23.0 Å². The van der Waals surface area contributed by atoms with Crippen molar-refractivity contribution in [3.63, 3.8) is 0 Å². The van der Waals surface area contributed by atoms with Gasteiger partial charge in [0, 0.05) is 24.2 Å². The molecule has 0 saturated heterocycles. The van der Waals surface area contributed by atoms with Crippen molar-refractivity contribution in [2.24, 2.45) is 0 Å². The van der Waals surface area contributed by atoms with Crippen molar-refractivity contribution < 1.29 is 9.90 Å². The van der Waals surface area contributed by atoms with Crippen molar-refractivity contribution in [2.45, 2.75) is 18.3 Å². The molecular weight excluding hydrogens is 374 g/mol. The van der Waals surface area contributed by atoms with Gasteiger partial charge in [0.05, 0.1) is 16.8 Å². The Morgan fingerprint density at radius 2 is 1.97 bits per heavy atom. The summed E-state index contributed by atoms with van der Waals surface area (Å²) >= 11 is 0. The average Bonchev–Trinajstić information content (AvgIpc) is 3.36. The number of hydrogen-bond acceptors (Lipinski definition) is 5. The van der Waals surface area contributed by atoms with E-state index in [0.717, 1.165) is 17.5 Å². The van der Waals surface area contributed by atoms with Crippen molar-refractivity contribution in [3.8, 4) is 11.3 Å². The van der Waals surface area contributed by atoms with Gasteiger partial charge < -0.3 is 10.1 Å². The number of aromatic carboxylic acids is 1. The smallest absolute Gasteiger partial charge is 0.335 e. The fourth-order valence-electron chi connectivity index (χ4n) is 3.73. The zero-order valence-electron chi connectivity index (χ0n) is 15.0. The first-order valence-electron chi connectivity index (χ1n) is 9.01. The van der Waals surface area contributed by atoms with E-state index in [1.165, 1.54) is 6.20 Å². The van der Waals surface area contributed by atoms with Gasteiger partial charge in [0.1, 0.15) is 0 Å². The normalized spacial score (nSPS) is 18.1. The van der Waals surface area contributed by atoms with E-state index < -0.39 is 17.2 Å². The molecule has 1 aliphatic carbocycles. The predicted octanol–water partition coefficient (Wildman–Crippen LogP) is 1.74. The van der Waals surface area contributed by atoms with Crippen molar-refractivity contribution in [2.75, 3.05) is 0 Å². The van der Waals surface area contributed by atoms with Crippen LogP contribution in [-0.4, -0.2) is 35.6 Å². The molecule has 0 aliphatic heterocycles. The molecule has 0 amide bonds. The van der Waals surface area contributed by atoms with Gasteiger partial charge in [-0.3, -0.25) is 9.78 Å². The van der Waals surface area contributed by atoms with Gasteiger partial charge in [0.2, 0.25) is 0 Å². The minimum atomic E-state index is -0.951. The molecule has 5 rings (SSSR count). The topological polar surface area (TPSA) is 133 Å². The molecular formula is C20H15N5O4. The molecule has 1 fully saturated rings. The maximum Gasteiger partial charge on any atom is 0.335 e. The number of imidazole rings is 1. The van der Waals surface area contributed by atoms with Crippen LogP contribution in [0.2, 0.25) is 0 Å². The van der Waals surface area contributed by atoms with Crippen LogP contribution in [-0.2, 0) is 0 Å². The molecule has 9 nitrogen and oxygen atoms in total. The molecule has 0 radical (unpaired) electrons. The maximum atomic E-state index is 12.2. The second-order valence-corrected chi connectivity index (χ2v) is 7.04. The summed E-state index contributed by atoms with van der Waals surface area (Å²) in [4.78, 5) is 43.6. The quantitative estimate of drug-likeness (QED) is 0.487. The summed E-state index contributed by atoms with van der Waals surface area (Å²) < 4.78 is 1.62. The number of aromatic nitrogens is 5. The van der Waals surface area contributed by atoms with Crippen molar-refractivity contribution >= 4 is 11.6 Å². The molecule has 3 heterocycles. The number of carboxylic acid groups (broad SMARTS) is 1. The summed E-state index contributed by atoms with van der Waals surface area (Å²) in [6.45, 7) is 0. The molecule has 2 atom stereocenters. The molecule has 1 aliphatic rings. The molecule has 144 valence electrons. The Kier molecular flexibility index (Phi) is 3.70. The second-order valence-electron chi connectivity index (χ2n) is 7.04. The van der Waals surface area contributed by atoms with E-state index in [1.807, 2.05) is 18.2 Å². The summed E-state index contributed by atoms with van der Waals surface area (Å²) in [7, 11) is 0. The molecule has 0 bridgehead atoms. The highest BCUT2D eigenvalue weighted by Crippen LogP contribution is 2.55. The number of fused-ring (bicyclic) bond motifs is 1. The molecule has 29 heavy (non-hydrogen) atoms. The molecule has 3 aromatic heterocycles. The molecule has 4 aromatic rings. The van der Waals surface area contributed by atoms with Crippen molar-refractivity contribution in [3.05, 3.63) is 86.5 Å². The van der Waals surface area contributed by atoms with Gasteiger partial charge >= 0.3 is 11.7 Å². The van der Waals surface area contributed by atoms with Gasteiger partial charge in [0.25, 0.3) is 5.56 Å². The van der Waals surface area contributed by atoms with Crippen LogP contribution >= 0.6 is 0 Å². The van der Waals surface area contributed by atoms with Crippen LogP contribution in [0.15, 0.2) is 58.5 Å². The first kappa shape index (κ1) is 17.1. The van der Waals surface area contributed by atoms with E-state index in [1.54, 1.807) is 29.0 Å². The fraction of sp³-hybridized carbons (Fsp3) is 0.150. The lowest BCUT2D eigenvalue weighted by Gasteiger charge is -2.07. The molecule has 9 heteroatoms. The third kappa shape index (κ3) is 2.92. The number of nitrogens with one attached hydrogen (secondary N) is 2. The van der Waals surface area contributed by atoms with Crippen LogP contribution in [0.1, 0.15) is 39.7 Å². The third-order valence-electron chi connectivity index (χ3n) is 5.26. The van der Waals surface area contributed by atoms with Crippen molar-refractivity contribution in [1.82, 2.24) is 24.6 Å². The van der Waals surface area contributed by atoms with Crippen LogP contribution in [0.3, 0.4) is 0 Å². The Hall–Kier alpha value is -4.01. The highest BCUT2D eigenvalue weighted by Gasteiger charge is 2.41. The summed E-state index contributed by atoms with van der Waals surface area (Å²) in [5.41, 5.74) is 2.61. The summed E-state index contributed by atoms with van der Waals surface area (Å²) in [6.07, 6.45) is 5.60. The van der Waals surface area contributed by atoms with Gasteiger partial charge in [0.15, 0.2) is 5.65 Å². The molecule has 1 saturated carbocycles. The van der Waals surface area contributed by atoms with E-state index in [9.17, 15) is 14.4 Å². The zero-order valence-corrected chi connectivity index (χ0v) is 15.0. The molecule has 0 unspecified atom stereocenters. The van der Waals surface area contributed by atoms with E-state index >= 15 is 0 Å². The van der Waals surface area contributed by atoms with E-state index in [2.05, 4.69) is 20.1 Å². The number of hydrogen-bond donors (Lipinski definition) is 3. The van der Waals surface area contributed by atoms with Gasteiger partial charge in [-0.25, -0.2) is 19.1 Å². The van der Waals surface area contributed by atoms with Gasteiger partial charge in [-0.05, 0) is 42.0 Å². The fourth-order valence-corrected chi connectivity index (χ4v) is 3.73. The Labute approximate surface area is 162 Å². The minimum Gasteiger partial charge on any atom is -0.478 e. The summed E-state index contributed by atoms with van der Waals surface area (Å²) in [6, 6.07) is 8.73. The lowest BCUT2D eigenvalue weighted by molar-refractivity contribution is 0.0697. The number of rotatable bonds is 4. The number of nitrogens with zero attached hydrogens (tertiary/aromatic N) is 3. The largest absolute Gasteiger partial charge is 0.478 e. The van der Waals surface area contributed by atoms with Crippen LogP contribution in [0, 0.1) is 0 Å². The minimum absolute atomic E-state index is 0.180. The van der Waals surface area contributed by atoms with Gasteiger partial charge in [-0.1, -0.05) is 12.1 Å². The number of H-pyrrole nitrogens is 2. The molecule has 3 N–H and O–H groups in total. The van der Waals surface area contributed by atoms with Gasteiger partial charge in [-0.15, -0.1) is 0 Å². The van der Waals surface area contributed by atoms with Crippen LogP contribution in [0.25, 0.3) is 16.9 Å². The lowest BCUT2D eigenvalue weighted by Crippen LogP contribution is -2.23. The van der Waals surface area contributed by atoms with Crippen LogP contribution in [0.5, 0.6) is 0 Å². The Balaban J connectivity index is 1.55. The monoisotopic (exact) mass is 389 g/mol. The standard InChI is InChI=1S/C20H15N5O4/c26-18-15(9-22-20(29)23-18)16-8-14(17-21-5-6-25(17)24-16)13-7-12(13)10-1-3-11(4-2-10)19(27)28/h1-6,8-9,12-13H,7H2,(H,27,28)(H2,22,23,26,29)/t12-,13+/m1/s1. The number of aromatic amines is 2. The second kappa shape index (κ2) is 6.26. The van der Waals surface area contributed by atoms with Crippen LogP contribution < -0.4 is 11.2 Å². The third-order valence-corrected chi connectivity index (χ3v) is 5.26. The number of carboxylic acids is 1. The van der Waals surface area contributed by atoms with Crippen LogP contribution in [0.4, 0.5) is 0 Å². The lowest BCUT2D eigenvalue weighted by atomic mass is 10.0. The first-order chi connectivity index (χ1) is 14.0. The SMILES string of the molecule is O=C(O)c1ccc([C@H]2C[C@@H]2c2cc(-c3c[nH]c(=O)[nH]c3=O)nn3ccnc23)cc1. The maximum absolute atomic E-state index is 12.2.